The highest BCUT2D eigenvalue weighted by atomic mass is 35.5. The van der Waals surface area contributed by atoms with Crippen molar-refractivity contribution >= 4 is 23.2 Å². The smallest absolute Gasteiger partial charge is 0.224 e. The van der Waals surface area contributed by atoms with E-state index in [1.54, 1.807) is 18.2 Å². The number of nitrogens with one attached hydrogen (secondary N) is 2. The monoisotopic (exact) mass is 279 g/mol. The number of rotatable bonds is 6. The Kier molecular flexibility index (Phi) is 6.34. The van der Waals surface area contributed by atoms with Crippen molar-refractivity contribution in [1.29, 1.82) is 5.26 Å². The fourth-order valence-corrected chi connectivity index (χ4v) is 1.74. The molecule has 1 amide bonds. The standard InChI is InChI=1S/C14H18ClN3O/c1-10(2)17-7-3-4-14(19)18-13-8-12(15)6-5-11(13)9-16/h5-6,8,10,17H,3-4,7H2,1-2H3,(H,18,19). The van der Waals surface area contributed by atoms with Gasteiger partial charge in [-0.25, -0.2) is 0 Å². The largest absolute Gasteiger partial charge is 0.325 e. The molecule has 0 aromatic heterocycles. The van der Waals surface area contributed by atoms with E-state index in [0.717, 1.165) is 13.0 Å². The molecule has 1 aromatic rings. The van der Waals surface area contributed by atoms with Crippen LogP contribution in [-0.4, -0.2) is 18.5 Å². The first-order valence-corrected chi connectivity index (χ1v) is 6.63. The summed E-state index contributed by atoms with van der Waals surface area (Å²) in [6, 6.07) is 7.25. The van der Waals surface area contributed by atoms with E-state index < -0.39 is 0 Å². The molecule has 0 fully saturated rings. The molecule has 0 unspecified atom stereocenters. The van der Waals surface area contributed by atoms with E-state index in [2.05, 4.69) is 24.5 Å². The Morgan fingerprint density at radius 3 is 2.84 bits per heavy atom. The Balaban J connectivity index is 2.48. The normalized spacial score (nSPS) is 10.3. The summed E-state index contributed by atoms with van der Waals surface area (Å²) in [5, 5.41) is 15.4. The maximum Gasteiger partial charge on any atom is 0.224 e. The van der Waals surface area contributed by atoms with E-state index in [1.165, 1.54) is 0 Å². The molecule has 0 saturated carbocycles. The molecule has 0 saturated heterocycles. The molecular weight excluding hydrogens is 262 g/mol. The minimum absolute atomic E-state index is 0.107. The van der Waals surface area contributed by atoms with Gasteiger partial charge in [-0.15, -0.1) is 0 Å². The molecule has 0 spiro atoms. The SMILES string of the molecule is CC(C)NCCCC(=O)Nc1cc(Cl)ccc1C#N. The van der Waals surface area contributed by atoms with Crippen LogP contribution in [0.4, 0.5) is 5.69 Å². The van der Waals surface area contributed by atoms with Crippen molar-refractivity contribution in [3.05, 3.63) is 28.8 Å². The van der Waals surface area contributed by atoms with Crippen LogP contribution in [0.5, 0.6) is 0 Å². The lowest BCUT2D eigenvalue weighted by atomic mass is 10.2. The molecule has 0 atom stereocenters. The number of carbonyl (C=O) groups is 1. The van der Waals surface area contributed by atoms with Crippen LogP contribution in [0.15, 0.2) is 18.2 Å². The van der Waals surface area contributed by atoms with Crippen molar-refractivity contribution in [3.63, 3.8) is 0 Å². The molecule has 5 heteroatoms. The van der Waals surface area contributed by atoms with Crippen LogP contribution >= 0.6 is 11.6 Å². The quantitative estimate of drug-likeness (QED) is 0.787. The first-order valence-electron chi connectivity index (χ1n) is 6.26. The second-order valence-corrected chi connectivity index (χ2v) is 5.00. The summed E-state index contributed by atoms with van der Waals surface area (Å²) in [5.74, 6) is -0.107. The predicted molar refractivity (Wildman–Crippen MR) is 77.2 cm³/mol. The first-order chi connectivity index (χ1) is 9.02. The van der Waals surface area contributed by atoms with Crippen LogP contribution in [0.25, 0.3) is 0 Å². The lowest BCUT2D eigenvalue weighted by Crippen LogP contribution is -2.24. The highest BCUT2D eigenvalue weighted by Crippen LogP contribution is 2.20. The minimum Gasteiger partial charge on any atom is -0.325 e. The van der Waals surface area contributed by atoms with Crippen LogP contribution in [0.3, 0.4) is 0 Å². The van der Waals surface area contributed by atoms with E-state index in [0.29, 0.717) is 28.7 Å². The lowest BCUT2D eigenvalue weighted by Gasteiger charge is -2.09. The fourth-order valence-electron chi connectivity index (χ4n) is 1.57. The van der Waals surface area contributed by atoms with Gasteiger partial charge < -0.3 is 10.6 Å². The maximum absolute atomic E-state index is 11.7. The number of anilines is 1. The van der Waals surface area contributed by atoms with Crippen molar-refractivity contribution in [1.82, 2.24) is 5.32 Å². The van der Waals surface area contributed by atoms with E-state index in [9.17, 15) is 4.79 Å². The van der Waals surface area contributed by atoms with Gasteiger partial charge in [0.25, 0.3) is 0 Å². The molecule has 0 bridgehead atoms. The zero-order valence-electron chi connectivity index (χ0n) is 11.2. The Bertz CT molecular complexity index is 480. The van der Waals surface area contributed by atoms with Gasteiger partial charge in [-0.3, -0.25) is 4.79 Å². The first kappa shape index (κ1) is 15.5. The maximum atomic E-state index is 11.7. The molecule has 2 N–H and O–H groups in total. The zero-order chi connectivity index (χ0) is 14.3. The average Bonchev–Trinajstić information content (AvgIpc) is 2.35. The highest BCUT2D eigenvalue weighted by Gasteiger charge is 2.07. The van der Waals surface area contributed by atoms with Crippen molar-refractivity contribution in [3.8, 4) is 6.07 Å². The number of nitriles is 1. The molecule has 102 valence electrons. The van der Waals surface area contributed by atoms with Crippen molar-refractivity contribution < 1.29 is 4.79 Å². The number of benzene rings is 1. The van der Waals surface area contributed by atoms with Gasteiger partial charge in [0.05, 0.1) is 11.3 Å². The van der Waals surface area contributed by atoms with Gasteiger partial charge >= 0.3 is 0 Å². The minimum atomic E-state index is -0.107. The van der Waals surface area contributed by atoms with Crippen molar-refractivity contribution in [2.24, 2.45) is 0 Å². The van der Waals surface area contributed by atoms with Gasteiger partial charge in [0.2, 0.25) is 5.91 Å². The summed E-state index contributed by atoms with van der Waals surface area (Å²) in [6.45, 7) is 4.92. The van der Waals surface area contributed by atoms with E-state index in [-0.39, 0.29) is 5.91 Å². The van der Waals surface area contributed by atoms with Gasteiger partial charge in [-0.05, 0) is 31.2 Å². The molecule has 1 rings (SSSR count). The summed E-state index contributed by atoms with van der Waals surface area (Å²) in [5.41, 5.74) is 0.884. The van der Waals surface area contributed by atoms with E-state index >= 15 is 0 Å². The lowest BCUT2D eigenvalue weighted by molar-refractivity contribution is -0.116. The molecule has 0 radical (unpaired) electrons. The molecule has 0 aliphatic heterocycles. The van der Waals surface area contributed by atoms with Crippen LogP contribution in [-0.2, 0) is 4.79 Å². The molecule has 4 nitrogen and oxygen atoms in total. The van der Waals surface area contributed by atoms with Crippen LogP contribution in [0.1, 0.15) is 32.3 Å². The highest BCUT2D eigenvalue weighted by molar-refractivity contribution is 6.31. The third-order valence-corrected chi connectivity index (χ3v) is 2.74. The predicted octanol–water partition coefficient (Wildman–Crippen LogP) is 2.93. The number of hydrogen-bond donors (Lipinski definition) is 2. The summed E-state index contributed by atoms with van der Waals surface area (Å²) >= 11 is 5.85. The average molecular weight is 280 g/mol. The Morgan fingerprint density at radius 2 is 2.21 bits per heavy atom. The fraction of sp³-hybridized carbons (Fsp3) is 0.429. The second-order valence-electron chi connectivity index (χ2n) is 4.56. The molecule has 0 aliphatic rings. The Hall–Kier alpha value is -1.57. The second kappa shape index (κ2) is 7.78. The van der Waals surface area contributed by atoms with Crippen LogP contribution in [0, 0.1) is 11.3 Å². The van der Waals surface area contributed by atoms with Gasteiger partial charge in [-0.2, -0.15) is 5.26 Å². The summed E-state index contributed by atoms with van der Waals surface area (Å²) in [6.07, 6.45) is 1.17. The Morgan fingerprint density at radius 1 is 1.47 bits per heavy atom. The van der Waals surface area contributed by atoms with Crippen LogP contribution < -0.4 is 10.6 Å². The number of hydrogen-bond acceptors (Lipinski definition) is 3. The van der Waals surface area contributed by atoms with E-state index in [1.807, 2.05) is 6.07 Å². The van der Waals surface area contributed by atoms with E-state index in [4.69, 9.17) is 16.9 Å². The Labute approximate surface area is 118 Å². The van der Waals surface area contributed by atoms with Gasteiger partial charge in [0.1, 0.15) is 6.07 Å². The number of amides is 1. The summed E-state index contributed by atoms with van der Waals surface area (Å²) < 4.78 is 0. The molecular formula is C14H18ClN3O. The third-order valence-electron chi connectivity index (χ3n) is 2.51. The zero-order valence-corrected chi connectivity index (χ0v) is 11.9. The topological polar surface area (TPSA) is 64.9 Å². The number of nitrogens with zero attached hydrogens (tertiary/aromatic N) is 1. The molecule has 19 heavy (non-hydrogen) atoms. The van der Waals surface area contributed by atoms with Gasteiger partial charge in [0.15, 0.2) is 0 Å². The number of carbonyl (C=O) groups excluding carboxylic acids is 1. The third kappa shape index (κ3) is 5.73. The van der Waals surface area contributed by atoms with Gasteiger partial charge in [0, 0.05) is 17.5 Å². The van der Waals surface area contributed by atoms with Crippen molar-refractivity contribution in [2.45, 2.75) is 32.7 Å². The van der Waals surface area contributed by atoms with Crippen LogP contribution in [0.2, 0.25) is 5.02 Å². The molecule has 1 aromatic carbocycles. The molecule has 0 aliphatic carbocycles. The molecule has 0 heterocycles. The summed E-state index contributed by atoms with van der Waals surface area (Å²) in [7, 11) is 0. The van der Waals surface area contributed by atoms with Gasteiger partial charge in [-0.1, -0.05) is 25.4 Å². The summed E-state index contributed by atoms with van der Waals surface area (Å²) in [4.78, 5) is 11.7. The van der Waals surface area contributed by atoms with Crippen molar-refractivity contribution in [2.75, 3.05) is 11.9 Å². The number of halogens is 1.